The molecule has 0 fully saturated rings. The second-order valence-corrected chi connectivity index (χ2v) is 9.19. The number of rotatable bonds is 14. The van der Waals surface area contributed by atoms with Crippen molar-refractivity contribution in [1.82, 2.24) is 9.55 Å². The number of para-hydroxylation sites is 1. The van der Waals surface area contributed by atoms with Gasteiger partial charge in [-0.2, -0.15) is 0 Å². The van der Waals surface area contributed by atoms with Crippen molar-refractivity contribution in [2.45, 2.75) is 85.3 Å². The van der Waals surface area contributed by atoms with Crippen molar-refractivity contribution in [3.05, 3.63) is 50.7 Å². The summed E-state index contributed by atoms with van der Waals surface area (Å²) >= 11 is 0. The molecular formula is C27H39N5O6. The lowest BCUT2D eigenvalue weighted by atomic mass is 10.2. The molecule has 11 heteroatoms. The lowest BCUT2D eigenvalue weighted by Crippen LogP contribution is -2.42. The van der Waals surface area contributed by atoms with Gasteiger partial charge in [-0.05, 0) is 38.3 Å². The normalized spacial score (nSPS) is 11.6. The number of carbonyl (C=O) groups is 3. The van der Waals surface area contributed by atoms with Gasteiger partial charge >= 0.3 is 11.7 Å². The molecule has 0 radical (unpaired) electrons. The molecule has 0 bridgehead atoms. The summed E-state index contributed by atoms with van der Waals surface area (Å²) in [5.74, 6) is -1.81. The van der Waals surface area contributed by atoms with E-state index in [0.717, 1.165) is 24.8 Å². The van der Waals surface area contributed by atoms with Gasteiger partial charge in [0.15, 0.2) is 11.8 Å². The average Bonchev–Trinajstić information content (AvgIpc) is 2.87. The molecule has 0 aliphatic heterocycles. The van der Waals surface area contributed by atoms with Crippen molar-refractivity contribution in [1.29, 1.82) is 0 Å². The van der Waals surface area contributed by atoms with E-state index in [-0.39, 0.29) is 30.9 Å². The standard InChI is InChI=1S/C27H39N5O6/c1-5-7-11-17-31(23-24(28)32(16-8-6-2)27(37)30-26(23)36)21(33)14-15-22(34)38-19(4)25(35)29-20-13-10-9-12-18(20)3/h9-10,12-13,19H,5-8,11,14-17,28H2,1-4H3,(H,29,35)(H,30,36,37). The van der Waals surface area contributed by atoms with Crippen molar-refractivity contribution >= 4 is 35.0 Å². The number of H-pyrrole nitrogens is 1. The van der Waals surface area contributed by atoms with Crippen molar-refractivity contribution in [2.24, 2.45) is 0 Å². The van der Waals surface area contributed by atoms with Gasteiger partial charge in [0, 0.05) is 25.2 Å². The Labute approximate surface area is 222 Å². The van der Waals surface area contributed by atoms with Crippen LogP contribution in [0.15, 0.2) is 33.9 Å². The molecule has 11 nitrogen and oxygen atoms in total. The maximum Gasteiger partial charge on any atom is 0.330 e. The topological polar surface area (TPSA) is 157 Å². The number of benzene rings is 1. The number of nitrogens with zero attached hydrogens (tertiary/aromatic N) is 2. The zero-order valence-electron chi connectivity index (χ0n) is 22.7. The van der Waals surface area contributed by atoms with E-state index in [1.807, 2.05) is 32.9 Å². The Morgan fingerprint density at radius 3 is 2.42 bits per heavy atom. The number of hydrogen-bond acceptors (Lipinski definition) is 7. The minimum atomic E-state index is -1.07. The minimum Gasteiger partial charge on any atom is -0.453 e. The van der Waals surface area contributed by atoms with Gasteiger partial charge in [-0.15, -0.1) is 0 Å². The van der Waals surface area contributed by atoms with Crippen molar-refractivity contribution < 1.29 is 19.1 Å². The third kappa shape index (κ3) is 8.32. The number of carbonyl (C=O) groups excluding carboxylic acids is 3. The van der Waals surface area contributed by atoms with Crippen LogP contribution in [0.3, 0.4) is 0 Å². The first-order chi connectivity index (χ1) is 18.1. The van der Waals surface area contributed by atoms with Crippen molar-refractivity contribution in [2.75, 3.05) is 22.5 Å². The Hall–Kier alpha value is -3.89. The molecule has 0 saturated carbocycles. The molecule has 0 aliphatic rings. The highest BCUT2D eigenvalue weighted by Gasteiger charge is 2.25. The summed E-state index contributed by atoms with van der Waals surface area (Å²) < 4.78 is 6.48. The molecule has 38 heavy (non-hydrogen) atoms. The molecule has 2 rings (SSSR count). The van der Waals surface area contributed by atoms with Gasteiger partial charge in [-0.25, -0.2) is 4.79 Å². The van der Waals surface area contributed by atoms with Gasteiger partial charge in [0.05, 0.1) is 6.42 Å². The van der Waals surface area contributed by atoms with Crippen LogP contribution in [-0.2, 0) is 25.7 Å². The zero-order chi connectivity index (χ0) is 28.2. The molecular weight excluding hydrogens is 490 g/mol. The first-order valence-corrected chi connectivity index (χ1v) is 13.1. The third-order valence-electron chi connectivity index (χ3n) is 6.13. The number of nitrogens with one attached hydrogen (secondary N) is 2. The lowest BCUT2D eigenvalue weighted by Gasteiger charge is -2.24. The number of aryl methyl sites for hydroxylation is 1. The molecule has 1 heterocycles. The number of hydrogen-bond donors (Lipinski definition) is 3. The van der Waals surface area contributed by atoms with E-state index in [0.29, 0.717) is 25.1 Å². The van der Waals surface area contributed by atoms with Crippen LogP contribution < -0.4 is 27.2 Å². The van der Waals surface area contributed by atoms with E-state index in [1.54, 1.807) is 12.1 Å². The van der Waals surface area contributed by atoms with Gasteiger partial charge < -0.3 is 20.7 Å². The first kappa shape index (κ1) is 30.3. The molecule has 4 N–H and O–H groups in total. The quantitative estimate of drug-likeness (QED) is 0.251. The largest absolute Gasteiger partial charge is 0.453 e. The molecule has 0 saturated heterocycles. The van der Waals surface area contributed by atoms with Crippen LogP contribution in [0.5, 0.6) is 0 Å². The van der Waals surface area contributed by atoms with Crippen molar-refractivity contribution in [3.63, 3.8) is 0 Å². The molecule has 0 spiro atoms. The SMILES string of the molecule is CCCCCN(C(=O)CCC(=O)OC(C)C(=O)Nc1ccccc1C)c1c(N)n(CCCC)c(=O)[nH]c1=O. The van der Waals surface area contributed by atoms with Crippen LogP contribution in [0.4, 0.5) is 17.2 Å². The summed E-state index contributed by atoms with van der Waals surface area (Å²) in [5, 5.41) is 2.71. The number of aromatic amines is 1. The summed E-state index contributed by atoms with van der Waals surface area (Å²) in [4.78, 5) is 66.6. The summed E-state index contributed by atoms with van der Waals surface area (Å²) in [5.41, 5.74) is 6.20. The summed E-state index contributed by atoms with van der Waals surface area (Å²) in [6.07, 6.45) is 2.16. The lowest BCUT2D eigenvalue weighted by molar-refractivity contribution is -0.153. The summed E-state index contributed by atoms with van der Waals surface area (Å²) in [6, 6.07) is 7.22. The Morgan fingerprint density at radius 2 is 1.76 bits per heavy atom. The summed E-state index contributed by atoms with van der Waals surface area (Å²) in [6.45, 7) is 7.76. The van der Waals surface area contributed by atoms with E-state index in [2.05, 4.69) is 10.3 Å². The molecule has 0 aliphatic carbocycles. The number of aromatic nitrogens is 2. The number of amides is 2. The zero-order valence-corrected chi connectivity index (χ0v) is 22.7. The van der Waals surface area contributed by atoms with E-state index in [9.17, 15) is 24.0 Å². The van der Waals surface area contributed by atoms with E-state index in [1.165, 1.54) is 16.4 Å². The predicted octanol–water partition coefficient (Wildman–Crippen LogP) is 3.10. The molecule has 1 atom stereocenters. The van der Waals surface area contributed by atoms with Gasteiger partial charge in [0.2, 0.25) is 5.91 Å². The fourth-order valence-corrected chi connectivity index (χ4v) is 3.86. The summed E-state index contributed by atoms with van der Waals surface area (Å²) in [7, 11) is 0. The number of unbranched alkanes of at least 4 members (excludes halogenated alkanes) is 3. The highest BCUT2D eigenvalue weighted by molar-refractivity contribution is 5.98. The van der Waals surface area contributed by atoms with Gasteiger partial charge in [-0.3, -0.25) is 28.7 Å². The van der Waals surface area contributed by atoms with Crippen molar-refractivity contribution in [3.8, 4) is 0 Å². The van der Waals surface area contributed by atoms with E-state index < -0.39 is 35.1 Å². The minimum absolute atomic E-state index is 0.0823. The van der Waals surface area contributed by atoms with Gasteiger partial charge in [0.25, 0.3) is 11.5 Å². The van der Waals surface area contributed by atoms with Crippen LogP contribution in [-0.4, -0.2) is 40.0 Å². The number of nitrogen functional groups attached to an aromatic ring is 1. The first-order valence-electron chi connectivity index (χ1n) is 13.1. The monoisotopic (exact) mass is 529 g/mol. The highest BCUT2D eigenvalue weighted by atomic mass is 16.5. The Morgan fingerprint density at radius 1 is 1.08 bits per heavy atom. The average molecular weight is 530 g/mol. The van der Waals surface area contributed by atoms with E-state index >= 15 is 0 Å². The van der Waals surface area contributed by atoms with Gasteiger partial charge in [-0.1, -0.05) is 51.3 Å². The van der Waals surface area contributed by atoms with Crippen LogP contribution in [0.2, 0.25) is 0 Å². The fraction of sp³-hybridized carbons (Fsp3) is 0.519. The fourth-order valence-electron chi connectivity index (χ4n) is 3.86. The number of anilines is 3. The number of esters is 1. The van der Waals surface area contributed by atoms with Crippen LogP contribution in [0.25, 0.3) is 0 Å². The highest BCUT2D eigenvalue weighted by Crippen LogP contribution is 2.20. The van der Waals surface area contributed by atoms with Gasteiger partial charge in [0.1, 0.15) is 5.82 Å². The Balaban J connectivity index is 2.12. The number of nitrogens with two attached hydrogens (primary N) is 1. The molecule has 1 aromatic carbocycles. The predicted molar refractivity (Wildman–Crippen MR) is 147 cm³/mol. The molecule has 2 amide bonds. The van der Waals surface area contributed by atoms with Crippen LogP contribution in [0.1, 0.15) is 71.3 Å². The Kier molecular flexibility index (Phi) is 11.8. The molecule has 1 aromatic heterocycles. The molecule has 1 unspecified atom stereocenters. The maximum absolute atomic E-state index is 13.2. The maximum atomic E-state index is 13.2. The number of ether oxygens (including phenoxy) is 1. The third-order valence-corrected chi connectivity index (χ3v) is 6.13. The second kappa shape index (κ2) is 14.7. The second-order valence-electron chi connectivity index (χ2n) is 9.19. The van der Waals surface area contributed by atoms with Crippen LogP contribution in [0, 0.1) is 6.92 Å². The van der Waals surface area contributed by atoms with E-state index in [4.69, 9.17) is 10.5 Å². The molecule has 208 valence electrons. The smallest absolute Gasteiger partial charge is 0.330 e. The van der Waals surface area contributed by atoms with Crippen LogP contribution >= 0.6 is 0 Å². The molecule has 2 aromatic rings. The Bertz CT molecular complexity index is 1240.